The Kier molecular flexibility index (Phi) is 5.22. The van der Waals surface area contributed by atoms with Crippen LogP contribution in [0.3, 0.4) is 0 Å². The van der Waals surface area contributed by atoms with Gasteiger partial charge in [-0.2, -0.15) is 0 Å². The monoisotopic (exact) mass is 345 g/mol. The van der Waals surface area contributed by atoms with Crippen LogP contribution < -0.4 is 10.6 Å². The van der Waals surface area contributed by atoms with Crippen molar-refractivity contribution in [2.24, 2.45) is 5.41 Å². The van der Waals surface area contributed by atoms with Crippen LogP contribution in [0, 0.1) is 5.41 Å². The Bertz CT molecular complexity index is 621. The first-order valence-corrected chi connectivity index (χ1v) is 8.89. The normalized spacial score (nSPS) is 24.4. The minimum absolute atomic E-state index is 0.0421. The van der Waals surface area contributed by atoms with E-state index < -0.39 is 0 Å². The molecule has 25 heavy (non-hydrogen) atoms. The molecule has 0 aromatic carbocycles. The maximum atomic E-state index is 12.5. The number of nitrogens with zero attached hydrogens (tertiary/aromatic N) is 3. The van der Waals surface area contributed by atoms with E-state index in [1.165, 1.54) is 5.56 Å². The second-order valence-corrected chi connectivity index (χ2v) is 7.55. The van der Waals surface area contributed by atoms with Crippen LogP contribution in [0.2, 0.25) is 0 Å². The van der Waals surface area contributed by atoms with Crippen LogP contribution in [0.4, 0.5) is 4.79 Å². The fourth-order valence-electron chi connectivity index (χ4n) is 3.72. The van der Waals surface area contributed by atoms with Crippen molar-refractivity contribution in [1.29, 1.82) is 0 Å². The predicted octanol–water partition coefficient (Wildman–Crippen LogP) is 0.824. The summed E-state index contributed by atoms with van der Waals surface area (Å²) in [6, 6.07) is 4.08. The molecule has 0 radical (unpaired) electrons. The van der Waals surface area contributed by atoms with Gasteiger partial charge in [-0.25, -0.2) is 4.79 Å². The van der Waals surface area contributed by atoms with Crippen molar-refractivity contribution < 1.29 is 9.59 Å². The Morgan fingerprint density at radius 3 is 2.72 bits per heavy atom. The molecule has 0 aliphatic carbocycles. The molecule has 7 heteroatoms. The lowest BCUT2D eigenvalue weighted by Gasteiger charge is -2.33. The first-order valence-electron chi connectivity index (χ1n) is 8.89. The van der Waals surface area contributed by atoms with Gasteiger partial charge in [0.15, 0.2) is 0 Å². The number of pyridine rings is 1. The molecule has 3 amide bonds. The molecule has 2 N–H and O–H groups in total. The SMILES string of the molecule is CC(C)NC(=O)N1CCN(Cc2ccncc2)CC2(CNC(=O)C2)C1. The number of urea groups is 1. The van der Waals surface area contributed by atoms with Crippen molar-refractivity contribution in [1.82, 2.24) is 25.4 Å². The van der Waals surface area contributed by atoms with Crippen molar-refractivity contribution in [2.45, 2.75) is 32.9 Å². The largest absolute Gasteiger partial charge is 0.355 e. The maximum absolute atomic E-state index is 12.5. The molecular weight excluding hydrogens is 318 g/mol. The zero-order valence-electron chi connectivity index (χ0n) is 15.0. The van der Waals surface area contributed by atoms with Gasteiger partial charge < -0.3 is 15.5 Å². The molecule has 0 saturated carbocycles. The van der Waals surface area contributed by atoms with Gasteiger partial charge in [-0.05, 0) is 31.5 Å². The molecule has 3 rings (SSSR count). The van der Waals surface area contributed by atoms with E-state index in [-0.39, 0.29) is 23.4 Å². The minimum atomic E-state index is -0.213. The molecule has 1 atom stereocenters. The van der Waals surface area contributed by atoms with Crippen molar-refractivity contribution in [2.75, 3.05) is 32.7 Å². The summed E-state index contributed by atoms with van der Waals surface area (Å²) in [4.78, 5) is 32.7. The van der Waals surface area contributed by atoms with Crippen LogP contribution >= 0.6 is 0 Å². The highest BCUT2D eigenvalue weighted by atomic mass is 16.2. The highest BCUT2D eigenvalue weighted by molar-refractivity contribution is 5.80. The third-order valence-corrected chi connectivity index (χ3v) is 4.82. The number of nitrogens with one attached hydrogen (secondary N) is 2. The first kappa shape index (κ1) is 17.7. The molecule has 1 spiro atoms. The standard InChI is InChI=1S/C18H27N5O2/c1-14(2)21-17(25)23-8-7-22(10-15-3-5-19-6-4-15)12-18(13-23)9-16(24)20-11-18/h3-6,14H,7-13H2,1-2H3,(H,20,24)(H,21,25). The zero-order valence-corrected chi connectivity index (χ0v) is 15.0. The van der Waals surface area contributed by atoms with Crippen LogP contribution in [-0.4, -0.2) is 65.5 Å². The molecule has 0 bridgehead atoms. The fourth-order valence-corrected chi connectivity index (χ4v) is 3.72. The Hall–Kier alpha value is -2.15. The molecule has 7 nitrogen and oxygen atoms in total. The first-order chi connectivity index (χ1) is 12.0. The van der Waals surface area contributed by atoms with Crippen molar-refractivity contribution >= 4 is 11.9 Å². The fraction of sp³-hybridized carbons (Fsp3) is 0.611. The number of amides is 3. The average Bonchev–Trinajstić information content (AvgIpc) is 2.81. The van der Waals surface area contributed by atoms with E-state index in [1.54, 1.807) is 12.4 Å². The highest BCUT2D eigenvalue weighted by Crippen LogP contribution is 2.31. The number of hydrogen-bond donors (Lipinski definition) is 2. The van der Waals surface area contributed by atoms with Crippen molar-refractivity contribution in [3.05, 3.63) is 30.1 Å². The highest BCUT2D eigenvalue weighted by Gasteiger charge is 2.43. The lowest BCUT2D eigenvalue weighted by Crippen LogP contribution is -2.48. The Balaban J connectivity index is 1.75. The predicted molar refractivity (Wildman–Crippen MR) is 94.8 cm³/mol. The lowest BCUT2D eigenvalue weighted by molar-refractivity contribution is -0.119. The van der Waals surface area contributed by atoms with Crippen LogP contribution in [-0.2, 0) is 11.3 Å². The van der Waals surface area contributed by atoms with E-state index in [0.29, 0.717) is 26.1 Å². The minimum Gasteiger partial charge on any atom is -0.355 e. The van der Waals surface area contributed by atoms with Crippen LogP contribution in [0.25, 0.3) is 0 Å². The molecule has 1 aromatic heterocycles. The maximum Gasteiger partial charge on any atom is 0.317 e. The van der Waals surface area contributed by atoms with Gasteiger partial charge in [0.25, 0.3) is 0 Å². The topological polar surface area (TPSA) is 77.6 Å². The van der Waals surface area contributed by atoms with Gasteiger partial charge in [0.2, 0.25) is 5.91 Å². The molecule has 2 aliphatic heterocycles. The van der Waals surface area contributed by atoms with Gasteiger partial charge in [-0.3, -0.25) is 14.7 Å². The molecule has 1 aromatic rings. The summed E-state index contributed by atoms with van der Waals surface area (Å²) >= 11 is 0. The summed E-state index contributed by atoms with van der Waals surface area (Å²) in [6.07, 6.45) is 4.07. The van der Waals surface area contributed by atoms with E-state index in [1.807, 2.05) is 30.9 Å². The van der Waals surface area contributed by atoms with E-state index >= 15 is 0 Å². The lowest BCUT2D eigenvalue weighted by atomic mass is 9.86. The number of hydrogen-bond acceptors (Lipinski definition) is 4. The number of aromatic nitrogens is 1. The smallest absolute Gasteiger partial charge is 0.317 e. The van der Waals surface area contributed by atoms with E-state index in [0.717, 1.165) is 19.6 Å². The Morgan fingerprint density at radius 1 is 1.32 bits per heavy atom. The Morgan fingerprint density at radius 2 is 2.08 bits per heavy atom. The number of rotatable bonds is 3. The van der Waals surface area contributed by atoms with Gasteiger partial charge in [0.05, 0.1) is 0 Å². The third-order valence-electron chi connectivity index (χ3n) is 4.82. The van der Waals surface area contributed by atoms with Gasteiger partial charge in [0.1, 0.15) is 0 Å². The summed E-state index contributed by atoms with van der Waals surface area (Å²) in [6.45, 7) is 8.23. The summed E-state index contributed by atoms with van der Waals surface area (Å²) < 4.78 is 0. The summed E-state index contributed by atoms with van der Waals surface area (Å²) in [5.41, 5.74) is 0.983. The molecule has 2 aliphatic rings. The Labute approximate surface area is 148 Å². The van der Waals surface area contributed by atoms with E-state index in [9.17, 15) is 9.59 Å². The second kappa shape index (κ2) is 7.39. The van der Waals surface area contributed by atoms with E-state index in [2.05, 4.69) is 20.5 Å². The summed E-state index contributed by atoms with van der Waals surface area (Å²) in [7, 11) is 0. The number of carbonyl (C=O) groups is 2. The van der Waals surface area contributed by atoms with Crippen molar-refractivity contribution in [3.8, 4) is 0 Å². The second-order valence-electron chi connectivity index (χ2n) is 7.55. The third kappa shape index (κ3) is 4.48. The molecule has 2 fully saturated rings. The quantitative estimate of drug-likeness (QED) is 0.850. The van der Waals surface area contributed by atoms with Gasteiger partial charge >= 0.3 is 6.03 Å². The summed E-state index contributed by atoms with van der Waals surface area (Å²) in [5, 5.41) is 5.94. The number of carbonyl (C=O) groups excluding carboxylic acids is 2. The molecule has 1 unspecified atom stereocenters. The summed E-state index contributed by atoms with van der Waals surface area (Å²) in [5.74, 6) is 0.0787. The van der Waals surface area contributed by atoms with Gasteiger partial charge in [0, 0.05) is 69.5 Å². The van der Waals surface area contributed by atoms with Crippen LogP contribution in [0.1, 0.15) is 25.8 Å². The molecule has 136 valence electrons. The van der Waals surface area contributed by atoms with E-state index in [4.69, 9.17) is 0 Å². The van der Waals surface area contributed by atoms with Crippen LogP contribution in [0.5, 0.6) is 0 Å². The average molecular weight is 345 g/mol. The molecular formula is C18H27N5O2. The molecule has 2 saturated heterocycles. The zero-order chi connectivity index (χ0) is 17.9. The van der Waals surface area contributed by atoms with Crippen LogP contribution in [0.15, 0.2) is 24.5 Å². The van der Waals surface area contributed by atoms with Crippen molar-refractivity contribution in [3.63, 3.8) is 0 Å². The van der Waals surface area contributed by atoms with Gasteiger partial charge in [-0.15, -0.1) is 0 Å². The van der Waals surface area contributed by atoms with Gasteiger partial charge in [-0.1, -0.05) is 0 Å². The molecule has 3 heterocycles.